The molecule has 0 spiro atoms. The van der Waals surface area contributed by atoms with Gasteiger partial charge in [-0.05, 0) is 12.5 Å². The molecule has 0 aliphatic rings. The van der Waals surface area contributed by atoms with Gasteiger partial charge in [-0.2, -0.15) is 5.48 Å². The third kappa shape index (κ3) is 12.1. The van der Waals surface area contributed by atoms with E-state index in [-0.39, 0.29) is 0 Å². The molecule has 0 radical (unpaired) electrons. The topological polar surface area (TPSA) is 25.8 Å². The number of rotatable bonds is 4. The Balaban J connectivity index is 0. The molecule has 2 N–H and O–H groups in total. The summed E-state index contributed by atoms with van der Waals surface area (Å²) in [5.74, 6) is 0. The lowest BCUT2D eigenvalue weighted by Gasteiger charge is -1.91. The van der Waals surface area contributed by atoms with Crippen LogP contribution >= 0.6 is 0 Å². The summed E-state index contributed by atoms with van der Waals surface area (Å²) in [7, 11) is 1.65. The molecule has 2 heteroatoms. The van der Waals surface area contributed by atoms with Gasteiger partial charge in [-0.15, -0.1) is 0 Å². The number of allylic oxidation sites excluding steroid dienone is 4. The Morgan fingerprint density at radius 1 is 1.42 bits per heavy atom. The van der Waals surface area contributed by atoms with Gasteiger partial charge < -0.3 is 0 Å². The van der Waals surface area contributed by atoms with Crippen molar-refractivity contribution in [2.45, 2.75) is 34.1 Å². The first-order valence-electron chi connectivity index (χ1n) is 4.50. The van der Waals surface area contributed by atoms with E-state index in [4.69, 9.17) is 4.84 Å². The van der Waals surface area contributed by atoms with E-state index in [0.29, 0.717) is 0 Å². The minimum Gasteiger partial charge on any atom is -0.205 e. The summed E-state index contributed by atoms with van der Waals surface area (Å²) in [6.07, 6.45) is 7.24. The smallest absolute Gasteiger partial charge is 0.135 e. The Labute approximate surface area is 76.3 Å². The molecule has 0 unspecified atom stereocenters. The number of nitrogens with two attached hydrogens (primary N) is 1. The van der Waals surface area contributed by atoms with Crippen molar-refractivity contribution in [2.24, 2.45) is 0 Å². The molecule has 2 nitrogen and oxygen atoms in total. The van der Waals surface area contributed by atoms with Gasteiger partial charge in [0, 0.05) is 6.92 Å². The van der Waals surface area contributed by atoms with Crippen LogP contribution in [0.5, 0.6) is 0 Å². The summed E-state index contributed by atoms with van der Waals surface area (Å²) in [5.41, 5.74) is 2.85. The lowest BCUT2D eigenvalue weighted by molar-refractivity contribution is -0.854. The van der Waals surface area contributed by atoms with E-state index in [1.54, 1.807) is 12.6 Å². The monoisotopic (exact) mass is 172 g/mol. The zero-order valence-electron chi connectivity index (χ0n) is 8.92. The van der Waals surface area contributed by atoms with Crippen LogP contribution in [0, 0.1) is 0 Å². The molecule has 0 aromatic carbocycles. The van der Waals surface area contributed by atoms with E-state index in [1.165, 1.54) is 0 Å². The Morgan fingerprint density at radius 3 is 2.42 bits per heavy atom. The van der Waals surface area contributed by atoms with Crippen LogP contribution in [0.25, 0.3) is 0 Å². The van der Waals surface area contributed by atoms with Gasteiger partial charge in [-0.3, -0.25) is 0 Å². The van der Waals surface area contributed by atoms with Crippen molar-refractivity contribution >= 4 is 0 Å². The van der Waals surface area contributed by atoms with Crippen LogP contribution < -0.4 is 5.48 Å². The third-order valence-corrected chi connectivity index (χ3v) is 1.03. The first-order valence-corrected chi connectivity index (χ1v) is 4.50. The van der Waals surface area contributed by atoms with Gasteiger partial charge in [-0.1, -0.05) is 32.9 Å². The van der Waals surface area contributed by atoms with Crippen molar-refractivity contribution in [2.75, 3.05) is 7.11 Å². The van der Waals surface area contributed by atoms with E-state index >= 15 is 0 Å². The van der Waals surface area contributed by atoms with Crippen LogP contribution in [0.3, 0.4) is 0 Å². The molecular formula is C10H22NO+. The minimum atomic E-state index is 1.08. The highest BCUT2D eigenvalue weighted by Crippen LogP contribution is 1.83. The van der Waals surface area contributed by atoms with E-state index in [1.807, 2.05) is 32.9 Å². The fraction of sp³-hybridized carbons (Fsp3) is 0.600. The zero-order valence-corrected chi connectivity index (χ0v) is 8.92. The van der Waals surface area contributed by atoms with E-state index < -0.39 is 0 Å². The van der Waals surface area contributed by atoms with Crippen molar-refractivity contribution < 1.29 is 10.3 Å². The second-order valence-electron chi connectivity index (χ2n) is 2.10. The first-order chi connectivity index (χ1) is 5.81. The van der Waals surface area contributed by atoms with Gasteiger partial charge >= 0.3 is 0 Å². The fourth-order valence-electron chi connectivity index (χ4n) is 0.581. The molecule has 0 fully saturated rings. The highest BCUT2D eigenvalue weighted by molar-refractivity contribution is 5.03. The van der Waals surface area contributed by atoms with Crippen LogP contribution in [0.4, 0.5) is 0 Å². The molecule has 0 aromatic heterocycles. The molecule has 0 saturated heterocycles. The van der Waals surface area contributed by atoms with Crippen molar-refractivity contribution in [3.05, 3.63) is 23.9 Å². The van der Waals surface area contributed by atoms with Gasteiger partial charge in [-0.25, -0.2) is 4.84 Å². The molecular weight excluding hydrogens is 150 g/mol. The van der Waals surface area contributed by atoms with Crippen molar-refractivity contribution in [3.63, 3.8) is 0 Å². The summed E-state index contributed by atoms with van der Waals surface area (Å²) in [4.78, 5) is 4.81. The SMILES string of the molecule is CC.CC/C=C\C=C(\C)[NH2+]OC. The van der Waals surface area contributed by atoms with E-state index in [0.717, 1.165) is 12.1 Å². The Kier molecular flexibility index (Phi) is 15.1. The zero-order chi connectivity index (χ0) is 9.82. The number of hydroxylamine groups is 1. The predicted octanol–water partition coefficient (Wildman–Crippen LogP) is 2.01. The number of hydrogen-bond acceptors (Lipinski definition) is 1. The van der Waals surface area contributed by atoms with Crippen LogP contribution in [-0.2, 0) is 4.84 Å². The van der Waals surface area contributed by atoms with Crippen LogP contribution in [0.1, 0.15) is 34.1 Å². The lowest BCUT2D eigenvalue weighted by Crippen LogP contribution is -2.79. The molecule has 0 bridgehead atoms. The summed E-state index contributed by atoms with van der Waals surface area (Å²) in [6.45, 7) is 8.11. The first kappa shape index (κ1) is 14.0. The number of hydrogen-bond donors (Lipinski definition) is 1. The van der Waals surface area contributed by atoms with Gasteiger partial charge in [0.05, 0.1) is 7.11 Å². The van der Waals surface area contributed by atoms with Crippen LogP contribution in [0.2, 0.25) is 0 Å². The molecule has 12 heavy (non-hydrogen) atoms. The Hall–Kier alpha value is -0.600. The summed E-state index contributed by atoms with van der Waals surface area (Å²) in [5, 5.41) is 0. The van der Waals surface area contributed by atoms with Gasteiger partial charge in [0.2, 0.25) is 0 Å². The third-order valence-electron chi connectivity index (χ3n) is 1.03. The normalized spacial score (nSPS) is 11.2. The molecule has 0 aliphatic heterocycles. The highest BCUT2D eigenvalue weighted by Gasteiger charge is 1.85. The molecule has 72 valence electrons. The molecule has 0 atom stereocenters. The maximum absolute atomic E-state index is 4.81. The maximum atomic E-state index is 4.81. The number of quaternary nitrogens is 1. The van der Waals surface area contributed by atoms with Crippen molar-refractivity contribution in [3.8, 4) is 0 Å². The quantitative estimate of drug-likeness (QED) is 0.509. The summed E-state index contributed by atoms with van der Waals surface area (Å²) >= 11 is 0. The minimum absolute atomic E-state index is 1.08. The standard InChI is InChI=1S/C8H15NO.C2H6/c1-4-5-6-7-8(2)9-10-3;1-2/h5-7,9H,4H2,1-3H3;1-2H3/p+1/b6-5-,8-7-;. The largest absolute Gasteiger partial charge is 0.205 e. The van der Waals surface area contributed by atoms with Crippen molar-refractivity contribution in [1.29, 1.82) is 0 Å². The Morgan fingerprint density at radius 2 is 2.00 bits per heavy atom. The summed E-state index contributed by atoms with van der Waals surface area (Å²) in [6, 6.07) is 0. The van der Waals surface area contributed by atoms with E-state index in [2.05, 4.69) is 13.0 Å². The van der Waals surface area contributed by atoms with Crippen LogP contribution in [0.15, 0.2) is 23.9 Å². The summed E-state index contributed by atoms with van der Waals surface area (Å²) < 4.78 is 0. The van der Waals surface area contributed by atoms with Gasteiger partial charge in [0.1, 0.15) is 5.70 Å². The molecule has 0 rings (SSSR count). The van der Waals surface area contributed by atoms with Crippen molar-refractivity contribution in [1.82, 2.24) is 0 Å². The highest BCUT2D eigenvalue weighted by atomic mass is 16.6. The van der Waals surface area contributed by atoms with Gasteiger partial charge in [0.15, 0.2) is 0 Å². The second kappa shape index (κ2) is 13.0. The molecule has 0 amide bonds. The Bertz CT molecular complexity index is 128. The lowest BCUT2D eigenvalue weighted by atomic mass is 10.3. The molecule has 0 saturated carbocycles. The molecule has 0 heterocycles. The maximum Gasteiger partial charge on any atom is 0.135 e. The van der Waals surface area contributed by atoms with E-state index in [9.17, 15) is 0 Å². The predicted molar refractivity (Wildman–Crippen MR) is 53.5 cm³/mol. The fourth-order valence-corrected chi connectivity index (χ4v) is 0.581. The second-order valence-corrected chi connectivity index (χ2v) is 2.10. The molecule has 0 aromatic rings. The van der Waals surface area contributed by atoms with Gasteiger partial charge in [0.25, 0.3) is 0 Å². The van der Waals surface area contributed by atoms with Crippen LogP contribution in [-0.4, -0.2) is 7.11 Å². The molecule has 0 aliphatic carbocycles. The average Bonchev–Trinajstić information content (AvgIpc) is 2.09. The average molecular weight is 172 g/mol.